The molecule has 3 N–H and O–H groups in total. The summed E-state index contributed by atoms with van der Waals surface area (Å²) < 4.78 is 0. The molecule has 0 spiro atoms. The molecule has 17 heavy (non-hydrogen) atoms. The lowest BCUT2D eigenvalue weighted by Crippen LogP contribution is -2.46. The van der Waals surface area contributed by atoms with E-state index in [4.69, 9.17) is 5.11 Å². The monoisotopic (exact) mass is 241 g/mol. The zero-order valence-corrected chi connectivity index (χ0v) is 9.98. The van der Waals surface area contributed by atoms with Gasteiger partial charge in [-0.05, 0) is 19.6 Å². The Balaban J connectivity index is 4.19. The minimum absolute atomic E-state index is 0.293. The highest BCUT2D eigenvalue weighted by atomic mass is 16.3. The van der Waals surface area contributed by atoms with E-state index < -0.39 is 18.6 Å². The Morgan fingerprint density at radius 1 is 1.47 bits per heavy atom. The van der Waals surface area contributed by atoms with Gasteiger partial charge in [-0.3, -0.25) is 9.59 Å². The Hall–Kier alpha value is -1.69. The third-order valence-electron chi connectivity index (χ3n) is 2.03. The fraction of sp³-hybridized carbons (Fsp3) is 0.545. The SMILES string of the molecule is C=NCC/C=C/C[C@H](NC(=O)CO)C(=O)NC. The first kappa shape index (κ1) is 15.3. The van der Waals surface area contributed by atoms with Gasteiger partial charge in [0.05, 0.1) is 0 Å². The number of nitrogens with zero attached hydrogens (tertiary/aromatic N) is 1. The van der Waals surface area contributed by atoms with E-state index in [9.17, 15) is 9.59 Å². The minimum atomic E-state index is -0.660. The molecule has 0 aromatic carbocycles. The largest absolute Gasteiger partial charge is 0.387 e. The summed E-state index contributed by atoms with van der Waals surface area (Å²) in [5.74, 6) is -0.863. The van der Waals surface area contributed by atoms with Crippen LogP contribution in [0.25, 0.3) is 0 Å². The van der Waals surface area contributed by atoms with Crippen molar-refractivity contribution in [2.45, 2.75) is 18.9 Å². The first-order chi connectivity index (χ1) is 8.15. The van der Waals surface area contributed by atoms with Crippen molar-refractivity contribution in [1.29, 1.82) is 0 Å². The molecule has 0 aliphatic heterocycles. The second kappa shape index (κ2) is 9.53. The molecule has 0 bridgehead atoms. The Kier molecular flexibility index (Phi) is 8.58. The lowest BCUT2D eigenvalue weighted by Gasteiger charge is -2.14. The lowest BCUT2D eigenvalue weighted by atomic mass is 10.1. The van der Waals surface area contributed by atoms with Gasteiger partial charge >= 0.3 is 0 Å². The maximum atomic E-state index is 11.4. The van der Waals surface area contributed by atoms with E-state index in [-0.39, 0.29) is 5.91 Å². The molecule has 0 rings (SSSR count). The summed E-state index contributed by atoms with van der Waals surface area (Å²) in [7, 11) is 1.49. The van der Waals surface area contributed by atoms with Gasteiger partial charge in [-0.25, -0.2) is 0 Å². The quantitative estimate of drug-likeness (QED) is 0.296. The number of aliphatic imine (C=N–C) groups is 1. The Labute approximate surface area is 101 Å². The highest BCUT2D eigenvalue weighted by Crippen LogP contribution is 1.96. The Morgan fingerprint density at radius 3 is 2.71 bits per heavy atom. The number of hydrogen-bond donors (Lipinski definition) is 3. The van der Waals surface area contributed by atoms with Crippen molar-refractivity contribution in [3.63, 3.8) is 0 Å². The average molecular weight is 241 g/mol. The van der Waals surface area contributed by atoms with Crippen LogP contribution in [0.5, 0.6) is 0 Å². The van der Waals surface area contributed by atoms with Gasteiger partial charge in [0.2, 0.25) is 11.8 Å². The van der Waals surface area contributed by atoms with E-state index in [0.717, 1.165) is 6.42 Å². The van der Waals surface area contributed by atoms with E-state index in [1.807, 2.05) is 6.08 Å². The van der Waals surface area contributed by atoms with Crippen LogP contribution in [0.3, 0.4) is 0 Å². The molecule has 6 heteroatoms. The predicted molar refractivity (Wildman–Crippen MR) is 65.9 cm³/mol. The van der Waals surface area contributed by atoms with Crippen LogP contribution < -0.4 is 10.6 Å². The van der Waals surface area contributed by atoms with Crippen molar-refractivity contribution in [1.82, 2.24) is 10.6 Å². The van der Waals surface area contributed by atoms with Gasteiger partial charge in [-0.15, -0.1) is 0 Å². The lowest BCUT2D eigenvalue weighted by molar-refractivity contribution is -0.130. The van der Waals surface area contributed by atoms with Crippen LogP contribution in [0.2, 0.25) is 0 Å². The van der Waals surface area contributed by atoms with Crippen LogP contribution in [0.1, 0.15) is 12.8 Å². The molecular weight excluding hydrogens is 222 g/mol. The normalized spacial score (nSPS) is 12.1. The number of nitrogens with one attached hydrogen (secondary N) is 2. The maximum absolute atomic E-state index is 11.4. The first-order valence-corrected chi connectivity index (χ1v) is 5.35. The number of likely N-dealkylation sites (N-methyl/N-ethyl adjacent to an activating group) is 1. The predicted octanol–water partition coefficient (Wildman–Crippen LogP) is -0.753. The van der Waals surface area contributed by atoms with E-state index in [0.29, 0.717) is 13.0 Å². The molecule has 0 aromatic heterocycles. The van der Waals surface area contributed by atoms with Crippen molar-refractivity contribution in [2.24, 2.45) is 4.99 Å². The number of carbonyl (C=O) groups excluding carboxylic acids is 2. The number of hydrogen-bond acceptors (Lipinski definition) is 4. The molecule has 0 aliphatic carbocycles. The molecule has 6 nitrogen and oxygen atoms in total. The molecule has 0 saturated carbocycles. The highest BCUT2D eigenvalue weighted by Gasteiger charge is 2.17. The zero-order chi connectivity index (χ0) is 13.1. The molecule has 0 heterocycles. The molecular formula is C11H19N3O3. The second-order valence-corrected chi connectivity index (χ2v) is 3.34. The fourth-order valence-corrected chi connectivity index (χ4v) is 1.16. The van der Waals surface area contributed by atoms with Gasteiger partial charge in [0.15, 0.2) is 0 Å². The third-order valence-corrected chi connectivity index (χ3v) is 2.03. The van der Waals surface area contributed by atoms with Crippen molar-refractivity contribution < 1.29 is 14.7 Å². The molecule has 0 aliphatic rings. The van der Waals surface area contributed by atoms with Gasteiger partial charge in [-0.2, -0.15) is 0 Å². The van der Waals surface area contributed by atoms with Crippen LogP contribution in [-0.2, 0) is 9.59 Å². The minimum Gasteiger partial charge on any atom is -0.387 e. The van der Waals surface area contributed by atoms with Crippen LogP contribution in [0.4, 0.5) is 0 Å². The zero-order valence-electron chi connectivity index (χ0n) is 9.98. The Bertz CT molecular complexity index is 290. The molecule has 2 amide bonds. The molecule has 0 aromatic rings. The average Bonchev–Trinajstić information content (AvgIpc) is 2.35. The number of aliphatic hydroxyl groups excluding tert-OH is 1. The molecule has 0 radical (unpaired) electrons. The Morgan fingerprint density at radius 2 is 2.18 bits per heavy atom. The number of rotatable bonds is 8. The maximum Gasteiger partial charge on any atom is 0.246 e. The van der Waals surface area contributed by atoms with Crippen LogP contribution in [-0.4, -0.2) is 49.9 Å². The standard InChI is InChI=1S/C11H19N3O3/c1-12-7-5-3-4-6-9(11(17)13-2)14-10(16)8-15/h3-4,9,15H,1,5-8H2,2H3,(H,13,17)(H,14,16)/b4-3+/t9-/m0/s1. The fourth-order valence-electron chi connectivity index (χ4n) is 1.16. The summed E-state index contributed by atoms with van der Waals surface area (Å²) in [6, 6.07) is -0.660. The summed E-state index contributed by atoms with van der Waals surface area (Å²) in [6.45, 7) is 3.35. The van der Waals surface area contributed by atoms with Crippen molar-refractivity contribution in [2.75, 3.05) is 20.2 Å². The van der Waals surface area contributed by atoms with Gasteiger partial charge in [0.1, 0.15) is 12.6 Å². The molecule has 0 unspecified atom stereocenters. The van der Waals surface area contributed by atoms with Crippen LogP contribution in [0, 0.1) is 0 Å². The third kappa shape index (κ3) is 7.24. The van der Waals surface area contributed by atoms with E-state index >= 15 is 0 Å². The smallest absolute Gasteiger partial charge is 0.246 e. The van der Waals surface area contributed by atoms with Gasteiger partial charge in [0.25, 0.3) is 0 Å². The second-order valence-electron chi connectivity index (χ2n) is 3.34. The molecule has 96 valence electrons. The number of amides is 2. The number of aliphatic hydroxyl groups is 1. The molecule has 0 saturated heterocycles. The van der Waals surface area contributed by atoms with E-state index in [2.05, 4.69) is 22.3 Å². The van der Waals surface area contributed by atoms with E-state index in [1.54, 1.807) is 6.08 Å². The van der Waals surface area contributed by atoms with Gasteiger partial charge < -0.3 is 20.7 Å². The summed E-state index contributed by atoms with van der Waals surface area (Å²) in [5, 5.41) is 13.5. The number of carbonyl (C=O) groups is 2. The van der Waals surface area contributed by atoms with Gasteiger partial charge in [-0.1, -0.05) is 12.2 Å². The first-order valence-electron chi connectivity index (χ1n) is 5.35. The van der Waals surface area contributed by atoms with Gasteiger partial charge in [0, 0.05) is 13.6 Å². The van der Waals surface area contributed by atoms with Crippen LogP contribution in [0.15, 0.2) is 17.1 Å². The van der Waals surface area contributed by atoms with Crippen molar-refractivity contribution in [3.05, 3.63) is 12.2 Å². The molecule has 0 fully saturated rings. The highest BCUT2D eigenvalue weighted by molar-refractivity contribution is 5.87. The van der Waals surface area contributed by atoms with E-state index in [1.165, 1.54) is 7.05 Å². The summed E-state index contributed by atoms with van der Waals surface area (Å²) >= 11 is 0. The molecule has 1 atom stereocenters. The summed E-state index contributed by atoms with van der Waals surface area (Å²) in [4.78, 5) is 26.1. The topological polar surface area (TPSA) is 90.8 Å². The summed E-state index contributed by atoms with van der Waals surface area (Å²) in [5.41, 5.74) is 0. The van der Waals surface area contributed by atoms with Crippen molar-refractivity contribution in [3.8, 4) is 0 Å². The van der Waals surface area contributed by atoms with Crippen LogP contribution >= 0.6 is 0 Å². The summed E-state index contributed by atoms with van der Waals surface area (Å²) in [6.07, 6.45) is 4.79. The van der Waals surface area contributed by atoms with Crippen molar-refractivity contribution >= 4 is 18.5 Å².